The molecule has 0 saturated heterocycles. The number of hydrogen-bond donors (Lipinski definition) is 1. The summed E-state index contributed by atoms with van der Waals surface area (Å²) in [6.07, 6.45) is -4.38. The van der Waals surface area contributed by atoms with Gasteiger partial charge in [-0.15, -0.1) is 23.1 Å². The number of aryl methyl sites for hydroxylation is 2. The fourth-order valence-corrected chi connectivity index (χ4v) is 6.31. The Bertz CT molecular complexity index is 1370. The van der Waals surface area contributed by atoms with Gasteiger partial charge in [-0.25, -0.2) is 9.78 Å². The highest BCUT2D eigenvalue weighted by Gasteiger charge is 2.30. The number of aromatic nitrogens is 1. The normalized spacial score (nSPS) is 12.4. The Hall–Kier alpha value is -3.30. The number of carbonyl (C=O) groups is 1. The molecule has 0 radical (unpaired) electrons. The van der Waals surface area contributed by atoms with Gasteiger partial charge in [0.2, 0.25) is 0 Å². The number of alkyl halides is 3. The number of ether oxygens (including phenoxy) is 1. The van der Waals surface area contributed by atoms with Gasteiger partial charge < -0.3 is 9.84 Å². The molecular formula is C28H24F3NO3S2. The van der Waals surface area contributed by atoms with E-state index in [1.165, 1.54) is 23.5 Å². The zero-order valence-corrected chi connectivity index (χ0v) is 21.7. The fraction of sp³-hybridized carbons (Fsp3) is 0.214. The van der Waals surface area contributed by atoms with Crippen LogP contribution >= 0.6 is 23.1 Å². The van der Waals surface area contributed by atoms with Crippen molar-refractivity contribution in [2.75, 3.05) is 12.4 Å². The number of hydrogen-bond acceptors (Lipinski definition) is 5. The van der Waals surface area contributed by atoms with Crippen LogP contribution in [0.2, 0.25) is 0 Å². The highest BCUT2D eigenvalue weighted by molar-refractivity contribution is 7.99. The zero-order chi connectivity index (χ0) is 26.6. The number of nitrogens with zero attached hydrogens (tertiary/aromatic N) is 1. The summed E-state index contributed by atoms with van der Waals surface area (Å²) in [5.74, 6) is 0.244. The molecule has 1 atom stereocenters. The van der Waals surface area contributed by atoms with E-state index in [2.05, 4.69) is 12.1 Å². The Morgan fingerprint density at radius 1 is 1.05 bits per heavy atom. The number of halogens is 3. The number of aliphatic carboxylic acids is 1. The molecule has 0 aliphatic carbocycles. The highest BCUT2D eigenvalue weighted by atomic mass is 32.2. The van der Waals surface area contributed by atoms with Crippen LogP contribution in [0.25, 0.3) is 10.6 Å². The van der Waals surface area contributed by atoms with Crippen LogP contribution in [0, 0.1) is 13.8 Å². The van der Waals surface area contributed by atoms with Crippen molar-refractivity contribution < 1.29 is 27.8 Å². The van der Waals surface area contributed by atoms with Gasteiger partial charge in [-0.2, -0.15) is 13.2 Å². The summed E-state index contributed by atoms with van der Waals surface area (Å²) in [6, 6.07) is 20.8. The second-order valence-corrected chi connectivity index (χ2v) is 10.6. The number of thioether (sulfide) groups is 1. The standard InChI is InChI=1S/C28H24F3NO3S2/c1-17-14-22(12-13-24(17)35-15-25(33)34)36-16-23(19-6-4-3-5-7-19)26-18(2)32-27(37-26)20-8-10-21(11-9-20)28(29,30)31/h3-14,23H,15-16H2,1-2H3,(H,33,34). The van der Waals surface area contributed by atoms with Crippen molar-refractivity contribution in [3.8, 4) is 16.3 Å². The van der Waals surface area contributed by atoms with E-state index >= 15 is 0 Å². The van der Waals surface area contributed by atoms with E-state index in [1.54, 1.807) is 17.8 Å². The molecule has 0 fully saturated rings. The van der Waals surface area contributed by atoms with E-state index in [-0.39, 0.29) is 5.92 Å². The van der Waals surface area contributed by atoms with E-state index < -0.39 is 24.3 Å². The van der Waals surface area contributed by atoms with Gasteiger partial charge in [0.1, 0.15) is 10.8 Å². The van der Waals surface area contributed by atoms with E-state index in [4.69, 9.17) is 14.8 Å². The molecule has 192 valence electrons. The lowest BCUT2D eigenvalue weighted by Crippen LogP contribution is -2.10. The monoisotopic (exact) mass is 543 g/mol. The highest BCUT2D eigenvalue weighted by Crippen LogP contribution is 2.40. The maximum absolute atomic E-state index is 13.0. The molecule has 0 bridgehead atoms. The molecule has 0 saturated carbocycles. The molecule has 4 aromatic rings. The quantitative estimate of drug-likeness (QED) is 0.218. The maximum Gasteiger partial charge on any atom is 0.416 e. The predicted octanol–water partition coefficient (Wildman–Crippen LogP) is 7.83. The molecule has 0 spiro atoms. The molecular weight excluding hydrogens is 519 g/mol. The Morgan fingerprint density at radius 3 is 2.38 bits per heavy atom. The molecule has 0 amide bonds. The van der Waals surface area contributed by atoms with Gasteiger partial charge in [0.25, 0.3) is 0 Å². The van der Waals surface area contributed by atoms with Crippen LogP contribution < -0.4 is 4.74 Å². The van der Waals surface area contributed by atoms with Gasteiger partial charge in [0.05, 0.1) is 11.3 Å². The smallest absolute Gasteiger partial charge is 0.416 e. The largest absolute Gasteiger partial charge is 0.482 e. The molecule has 9 heteroatoms. The lowest BCUT2D eigenvalue weighted by atomic mass is 9.98. The minimum atomic E-state index is -4.38. The van der Waals surface area contributed by atoms with Crippen molar-refractivity contribution >= 4 is 29.1 Å². The van der Waals surface area contributed by atoms with E-state index in [1.807, 2.05) is 44.2 Å². The summed E-state index contributed by atoms with van der Waals surface area (Å²) in [5, 5.41) is 9.53. The number of rotatable bonds is 9. The minimum absolute atomic E-state index is 0.0233. The SMILES string of the molecule is Cc1cc(SCC(c2ccccc2)c2sc(-c3ccc(C(F)(F)F)cc3)nc2C)ccc1OCC(=O)O. The summed E-state index contributed by atoms with van der Waals surface area (Å²) in [5.41, 5.74) is 2.79. The summed E-state index contributed by atoms with van der Waals surface area (Å²) in [7, 11) is 0. The van der Waals surface area contributed by atoms with Gasteiger partial charge in [0.15, 0.2) is 6.61 Å². The van der Waals surface area contributed by atoms with Crippen molar-refractivity contribution in [2.45, 2.75) is 30.8 Å². The van der Waals surface area contributed by atoms with Gasteiger partial charge >= 0.3 is 12.1 Å². The summed E-state index contributed by atoms with van der Waals surface area (Å²) in [6.45, 7) is 3.41. The van der Waals surface area contributed by atoms with Crippen molar-refractivity contribution in [1.29, 1.82) is 0 Å². The van der Waals surface area contributed by atoms with Crippen LogP contribution in [0.1, 0.15) is 33.2 Å². The molecule has 0 aliphatic rings. The van der Waals surface area contributed by atoms with E-state index in [0.717, 1.165) is 38.7 Å². The molecule has 4 rings (SSSR count). The van der Waals surface area contributed by atoms with Crippen molar-refractivity contribution in [3.05, 3.63) is 100 Å². The van der Waals surface area contributed by atoms with Crippen LogP contribution in [0.3, 0.4) is 0 Å². The van der Waals surface area contributed by atoms with Gasteiger partial charge in [0, 0.05) is 27.0 Å². The molecule has 1 N–H and O–H groups in total. The lowest BCUT2D eigenvalue weighted by molar-refractivity contribution is -0.139. The Balaban J connectivity index is 1.58. The van der Waals surface area contributed by atoms with Crippen molar-refractivity contribution in [3.63, 3.8) is 0 Å². The van der Waals surface area contributed by atoms with Crippen LogP contribution in [0.4, 0.5) is 13.2 Å². The molecule has 1 unspecified atom stereocenters. The second-order valence-electron chi connectivity index (χ2n) is 8.43. The van der Waals surface area contributed by atoms with E-state index in [9.17, 15) is 18.0 Å². The van der Waals surface area contributed by atoms with E-state index in [0.29, 0.717) is 22.1 Å². The third-order valence-electron chi connectivity index (χ3n) is 5.72. The number of carboxylic acids is 1. The molecule has 0 aliphatic heterocycles. The third kappa shape index (κ3) is 6.72. The zero-order valence-electron chi connectivity index (χ0n) is 20.1. The average molecular weight is 544 g/mol. The Morgan fingerprint density at radius 2 is 1.76 bits per heavy atom. The van der Waals surface area contributed by atoms with Crippen LogP contribution in [0.5, 0.6) is 5.75 Å². The first-order valence-electron chi connectivity index (χ1n) is 11.4. The summed E-state index contributed by atoms with van der Waals surface area (Å²) < 4.78 is 44.3. The van der Waals surface area contributed by atoms with Crippen LogP contribution in [-0.4, -0.2) is 28.4 Å². The molecule has 37 heavy (non-hydrogen) atoms. The van der Waals surface area contributed by atoms with Crippen molar-refractivity contribution in [2.24, 2.45) is 0 Å². The van der Waals surface area contributed by atoms with Gasteiger partial charge in [-0.3, -0.25) is 0 Å². The second kappa shape index (κ2) is 11.4. The lowest BCUT2D eigenvalue weighted by Gasteiger charge is -2.17. The van der Waals surface area contributed by atoms with Crippen LogP contribution in [-0.2, 0) is 11.0 Å². The average Bonchev–Trinajstić information content (AvgIpc) is 3.25. The van der Waals surface area contributed by atoms with Gasteiger partial charge in [-0.05, 0) is 55.3 Å². The van der Waals surface area contributed by atoms with Gasteiger partial charge in [-0.1, -0.05) is 42.5 Å². The summed E-state index contributed by atoms with van der Waals surface area (Å²) >= 11 is 3.16. The molecule has 1 heterocycles. The number of benzene rings is 3. The molecule has 4 nitrogen and oxygen atoms in total. The summed E-state index contributed by atoms with van der Waals surface area (Å²) in [4.78, 5) is 17.6. The predicted molar refractivity (Wildman–Crippen MR) is 141 cm³/mol. The molecule has 1 aromatic heterocycles. The van der Waals surface area contributed by atoms with Crippen molar-refractivity contribution in [1.82, 2.24) is 4.98 Å². The topological polar surface area (TPSA) is 59.4 Å². The first-order chi connectivity index (χ1) is 17.6. The molecule has 3 aromatic carbocycles. The number of thiazole rings is 1. The third-order valence-corrected chi connectivity index (χ3v) is 8.13. The maximum atomic E-state index is 13.0. The van der Waals surface area contributed by atoms with Crippen LogP contribution in [0.15, 0.2) is 77.7 Å². The first-order valence-corrected chi connectivity index (χ1v) is 13.2. The first kappa shape index (κ1) is 26.8. The Kier molecular flexibility index (Phi) is 8.24. The number of carboxylic acid groups (broad SMARTS) is 1. The minimum Gasteiger partial charge on any atom is -0.482 e. The fourth-order valence-electron chi connectivity index (χ4n) is 3.86. The Labute approximate surface area is 221 Å².